The fourth-order valence-electron chi connectivity index (χ4n) is 4.18. The highest BCUT2D eigenvalue weighted by Crippen LogP contribution is 2.25. The molecule has 0 fully saturated rings. The fourth-order valence-corrected chi connectivity index (χ4v) is 4.70. The van der Waals surface area contributed by atoms with E-state index in [1.165, 1.54) is 37.8 Å². The van der Waals surface area contributed by atoms with E-state index < -0.39 is 5.69 Å². The van der Waals surface area contributed by atoms with E-state index >= 15 is 0 Å². The lowest BCUT2D eigenvalue weighted by molar-refractivity contribution is -0.113. The molecule has 41 heavy (non-hydrogen) atoms. The number of amides is 2. The Labute approximate surface area is 239 Å². The van der Waals surface area contributed by atoms with E-state index in [9.17, 15) is 14.4 Å². The minimum Gasteiger partial charge on any atom is -0.382 e. The molecule has 2 amide bonds. The predicted molar refractivity (Wildman–Crippen MR) is 160 cm³/mol. The molecule has 0 radical (unpaired) electrons. The van der Waals surface area contributed by atoms with Gasteiger partial charge in [-0.2, -0.15) is 0 Å². The third-order valence-electron chi connectivity index (χ3n) is 6.23. The number of carbonyl (C=O) groups is 2. The first-order valence-electron chi connectivity index (χ1n) is 12.5. The summed E-state index contributed by atoms with van der Waals surface area (Å²) in [6, 6.07) is 13.5. The second kappa shape index (κ2) is 11.5. The number of hydrogen-bond donors (Lipinski definition) is 2. The minimum atomic E-state index is -0.441. The number of nitrogens with one attached hydrogen (secondary N) is 1. The molecule has 3 aromatic heterocycles. The summed E-state index contributed by atoms with van der Waals surface area (Å²) in [7, 11) is 5.50. The zero-order valence-corrected chi connectivity index (χ0v) is 23.4. The molecule has 13 heteroatoms. The Balaban J connectivity index is 1.53. The highest BCUT2D eigenvalue weighted by Gasteiger charge is 2.21. The van der Waals surface area contributed by atoms with Crippen LogP contribution in [-0.2, 0) is 4.79 Å². The van der Waals surface area contributed by atoms with Crippen LogP contribution in [0.2, 0.25) is 0 Å². The topological polar surface area (TPSA) is 144 Å². The Bertz CT molecular complexity index is 1810. The van der Waals surface area contributed by atoms with Gasteiger partial charge in [0.05, 0.1) is 11.4 Å². The number of hydrogen-bond acceptors (Lipinski definition) is 9. The molecule has 3 heterocycles. The second-order valence-electron chi connectivity index (χ2n) is 9.30. The maximum absolute atomic E-state index is 13.9. The molecular formula is C28H27N9O3S. The van der Waals surface area contributed by atoms with Gasteiger partial charge in [-0.1, -0.05) is 12.1 Å². The van der Waals surface area contributed by atoms with Gasteiger partial charge in [-0.05, 0) is 56.6 Å². The van der Waals surface area contributed by atoms with Crippen molar-refractivity contribution in [1.82, 2.24) is 29.0 Å². The van der Waals surface area contributed by atoms with Gasteiger partial charge < -0.3 is 15.5 Å². The molecule has 0 unspecified atom stereocenters. The molecule has 208 valence electrons. The lowest BCUT2D eigenvalue weighted by Gasteiger charge is -2.16. The van der Waals surface area contributed by atoms with Gasteiger partial charge >= 0.3 is 5.69 Å². The molecule has 0 aliphatic rings. The molecule has 0 spiro atoms. The highest BCUT2D eigenvalue weighted by atomic mass is 32.1. The second-order valence-corrected chi connectivity index (χ2v) is 10.2. The quantitative estimate of drug-likeness (QED) is 0.272. The summed E-state index contributed by atoms with van der Waals surface area (Å²) in [4.78, 5) is 55.2. The zero-order valence-electron chi connectivity index (χ0n) is 22.6. The SMILES string of the molecule is CN(C)CC=CC(=O)N(C)c1cccc(-n2c(=O)n(-c3ccc(C(=O)Nc4nccs4)cc3)c3c(N)ncnc32)c1. The molecule has 0 atom stereocenters. The molecule has 0 aliphatic heterocycles. The Morgan fingerprint density at radius 1 is 1.02 bits per heavy atom. The zero-order chi connectivity index (χ0) is 29.1. The average molecular weight is 570 g/mol. The Kier molecular flexibility index (Phi) is 7.72. The lowest BCUT2D eigenvalue weighted by Crippen LogP contribution is -2.25. The van der Waals surface area contributed by atoms with Crippen LogP contribution in [0.3, 0.4) is 0 Å². The molecule has 0 saturated heterocycles. The Morgan fingerprint density at radius 3 is 2.51 bits per heavy atom. The number of nitrogens with zero attached hydrogens (tertiary/aromatic N) is 7. The van der Waals surface area contributed by atoms with Crippen molar-refractivity contribution in [2.24, 2.45) is 0 Å². The molecular weight excluding hydrogens is 542 g/mol. The van der Waals surface area contributed by atoms with Crippen LogP contribution in [-0.4, -0.2) is 68.5 Å². The normalized spacial score (nSPS) is 11.4. The van der Waals surface area contributed by atoms with Crippen molar-refractivity contribution in [2.75, 3.05) is 43.6 Å². The van der Waals surface area contributed by atoms with Gasteiger partial charge in [-0.3, -0.25) is 19.5 Å². The highest BCUT2D eigenvalue weighted by molar-refractivity contribution is 7.13. The van der Waals surface area contributed by atoms with Crippen molar-refractivity contribution in [3.63, 3.8) is 0 Å². The lowest BCUT2D eigenvalue weighted by atomic mass is 10.2. The van der Waals surface area contributed by atoms with Crippen molar-refractivity contribution >= 4 is 51.0 Å². The third-order valence-corrected chi connectivity index (χ3v) is 6.92. The number of aromatic nitrogens is 5. The molecule has 0 aliphatic carbocycles. The van der Waals surface area contributed by atoms with E-state index in [-0.39, 0.29) is 17.6 Å². The van der Waals surface area contributed by atoms with E-state index in [1.807, 2.05) is 19.0 Å². The van der Waals surface area contributed by atoms with E-state index in [0.717, 1.165) is 0 Å². The van der Waals surface area contributed by atoms with Crippen molar-refractivity contribution in [2.45, 2.75) is 0 Å². The predicted octanol–water partition coefficient (Wildman–Crippen LogP) is 2.94. The third kappa shape index (κ3) is 5.62. The summed E-state index contributed by atoms with van der Waals surface area (Å²) in [6.07, 6.45) is 6.19. The van der Waals surface area contributed by atoms with Gasteiger partial charge in [0.25, 0.3) is 5.91 Å². The number of rotatable bonds is 8. The maximum Gasteiger partial charge on any atom is 0.339 e. The molecule has 2 aromatic carbocycles. The standard InChI is InChI=1S/C28H27N9O3S/c1-34(2)14-5-8-22(38)35(3)20-6-4-7-21(16-20)37-25-23(24(29)31-17-32-25)36(28(37)40)19-11-9-18(10-12-19)26(39)33-27-30-13-15-41-27/h4-13,15-17H,14H2,1-3H3,(H2,29,31,32)(H,30,33,39). The Hall–Kier alpha value is -5.14. The van der Waals surface area contributed by atoms with Crippen molar-refractivity contribution in [1.29, 1.82) is 0 Å². The molecule has 5 aromatic rings. The van der Waals surface area contributed by atoms with Crippen LogP contribution in [0, 0.1) is 0 Å². The summed E-state index contributed by atoms with van der Waals surface area (Å²) in [5, 5.41) is 4.99. The molecule has 12 nitrogen and oxygen atoms in total. The summed E-state index contributed by atoms with van der Waals surface area (Å²) >= 11 is 1.31. The number of fused-ring (bicyclic) bond motifs is 1. The first-order valence-corrected chi connectivity index (χ1v) is 13.4. The van der Waals surface area contributed by atoms with Gasteiger partial charge in [0, 0.05) is 42.5 Å². The fraction of sp³-hybridized carbons (Fsp3) is 0.143. The summed E-state index contributed by atoms with van der Waals surface area (Å²) in [6.45, 7) is 0.632. The average Bonchev–Trinajstić information content (AvgIpc) is 3.58. The van der Waals surface area contributed by atoms with Gasteiger partial charge in [0.1, 0.15) is 11.8 Å². The van der Waals surface area contributed by atoms with E-state index in [4.69, 9.17) is 5.73 Å². The van der Waals surface area contributed by atoms with Crippen LogP contribution < -0.4 is 21.6 Å². The Morgan fingerprint density at radius 2 is 1.80 bits per heavy atom. The largest absolute Gasteiger partial charge is 0.382 e. The number of thiazole rings is 1. The number of benzene rings is 2. The van der Waals surface area contributed by atoms with Gasteiger partial charge in [-0.15, -0.1) is 11.3 Å². The van der Waals surface area contributed by atoms with Crippen LogP contribution in [0.15, 0.2) is 83.4 Å². The van der Waals surface area contributed by atoms with Gasteiger partial charge in [-0.25, -0.2) is 24.3 Å². The number of anilines is 3. The summed E-state index contributed by atoms with van der Waals surface area (Å²) in [5.74, 6) is -0.411. The summed E-state index contributed by atoms with van der Waals surface area (Å²) < 4.78 is 2.82. The van der Waals surface area contributed by atoms with Gasteiger partial charge in [0.2, 0.25) is 5.91 Å². The van der Waals surface area contributed by atoms with Crippen LogP contribution in [0.25, 0.3) is 22.5 Å². The van der Waals surface area contributed by atoms with Crippen LogP contribution in [0.1, 0.15) is 10.4 Å². The van der Waals surface area contributed by atoms with E-state index in [0.29, 0.717) is 45.5 Å². The smallest absolute Gasteiger partial charge is 0.339 e. The molecule has 5 rings (SSSR count). The van der Waals surface area contributed by atoms with Crippen LogP contribution in [0.5, 0.6) is 0 Å². The van der Waals surface area contributed by atoms with Crippen LogP contribution in [0.4, 0.5) is 16.6 Å². The number of imidazole rings is 1. The van der Waals surface area contributed by atoms with Crippen molar-refractivity contribution in [3.05, 3.63) is 94.6 Å². The first kappa shape index (κ1) is 27.4. The minimum absolute atomic E-state index is 0.117. The summed E-state index contributed by atoms with van der Waals surface area (Å²) in [5.41, 5.74) is 8.36. The number of likely N-dealkylation sites (N-methyl/N-ethyl adjacent to an activating group) is 2. The first-order chi connectivity index (χ1) is 19.7. The van der Waals surface area contributed by atoms with Crippen molar-refractivity contribution in [3.8, 4) is 11.4 Å². The van der Waals surface area contributed by atoms with E-state index in [1.54, 1.807) is 73.2 Å². The molecule has 0 bridgehead atoms. The maximum atomic E-state index is 13.9. The monoisotopic (exact) mass is 569 g/mol. The van der Waals surface area contributed by atoms with Gasteiger partial charge in [0.15, 0.2) is 16.6 Å². The van der Waals surface area contributed by atoms with E-state index in [2.05, 4.69) is 20.3 Å². The van der Waals surface area contributed by atoms with Crippen molar-refractivity contribution < 1.29 is 9.59 Å². The molecule has 0 saturated carbocycles. The molecule has 3 N–H and O–H groups in total. The van der Waals surface area contributed by atoms with Crippen LogP contribution >= 0.6 is 11.3 Å². The number of carbonyl (C=O) groups excluding carboxylic acids is 2. The number of nitrogens with two attached hydrogens (primary N) is 1. The number of nitrogen functional groups attached to an aromatic ring is 1.